The van der Waals surface area contributed by atoms with Crippen molar-refractivity contribution in [1.82, 2.24) is 10.9 Å². The van der Waals surface area contributed by atoms with Crippen LogP contribution in [0, 0.1) is 20.8 Å². The Morgan fingerprint density at radius 2 is 1.56 bits per heavy atom. The molecule has 3 aromatic carbocycles. The summed E-state index contributed by atoms with van der Waals surface area (Å²) in [5.41, 5.74) is 7.70. The van der Waals surface area contributed by atoms with E-state index in [-0.39, 0.29) is 16.2 Å². The van der Waals surface area contributed by atoms with Gasteiger partial charge in [0.05, 0.1) is 4.90 Å². The smallest absolute Gasteiger partial charge is 0.305 e. The maximum Gasteiger partial charge on any atom is 0.305 e. The van der Waals surface area contributed by atoms with Crippen molar-refractivity contribution in [2.75, 3.05) is 4.72 Å². The first-order chi connectivity index (χ1) is 16.2. The van der Waals surface area contributed by atoms with Gasteiger partial charge in [0.2, 0.25) is 0 Å². The van der Waals surface area contributed by atoms with Crippen LogP contribution in [0.5, 0.6) is 0 Å². The molecule has 0 saturated carbocycles. The highest BCUT2D eigenvalue weighted by Crippen LogP contribution is 2.25. The Morgan fingerprint density at radius 1 is 0.824 bits per heavy atom. The molecule has 2 amide bonds. The van der Waals surface area contributed by atoms with Crippen LogP contribution in [0.1, 0.15) is 37.6 Å². The molecule has 1 aromatic heterocycles. The van der Waals surface area contributed by atoms with Crippen LogP contribution in [0.4, 0.5) is 5.69 Å². The summed E-state index contributed by atoms with van der Waals surface area (Å²) in [6.45, 7) is 5.24. The summed E-state index contributed by atoms with van der Waals surface area (Å²) in [6, 6.07) is 18.5. The summed E-state index contributed by atoms with van der Waals surface area (Å²) in [5, 5.41) is 0.800. The number of hydrazine groups is 1. The molecule has 0 aliphatic carbocycles. The molecule has 0 unspecified atom stereocenters. The predicted octanol–water partition coefficient (Wildman–Crippen LogP) is 4.23. The van der Waals surface area contributed by atoms with Crippen LogP contribution in [-0.2, 0) is 10.0 Å². The highest BCUT2D eigenvalue weighted by Gasteiger charge is 2.21. The number of carbonyl (C=O) groups is 2. The van der Waals surface area contributed by atoms with Crippen molar-refractivity contribution in [2.24, 2.45) is 0 Å². The van der Waals surface area contributed by atoms with E-state index in [1.807, 2.05) is 25.1 Å². The number of fused-ring (bicyclic) bond motifs is 1. The Bertz CT molecular complexity index is 1520. The molecule has 0 atom stereocenters. The molecular formula is C25H23N3O5S. The fourth-order valence-electron chi connectivity index (χ4n) is 3.58. The van der Waals surface area contributed by atoms with Gasteiger partial charge in [-0.15, -0.1) is 0 Å². The normalized spacial score (nSPS) is 11.3. The third-order valence-electron chi connectivity index (χ3n) is 5.35. The lowest BCUT2D eigenvalue weighted by Gasteiger charge is -2.13. The van der Waals surface area contributed by atoms with Gasteiger partial charge in [0.1, 0.15) is 5.58 Å². The predicted molar refractivity (Wildman–Crippen MR) is 129 cm³/mol. The Morgan fingerprint density at radius 3 is 2.29 bits per heavy atom. The van der Waals surface area contributed by atoms with Gasteiger partial charge in [-0.25, -0.2) is 8.42 Å². The average Bonchev–Trinajstić information content (AvgIpc) is 3.14. The number of benzene rings is 3. The first-order valence-corrected chi connectivity index (χ1v) is 11.9. The number of amides is 2. The fourth-order valence-corrected chi connectivity index (χ4v) is 4.90. The fraction of sp³-hybridized carbons (Fsp3) is 0.120. The minimum Gasteiger partial charge on any atom is -0.451 e. The minimum atomic E-state index is -3.94. The van der Waals surface area contributed by atoms with Crippen LogP contribution >= 0.6 is 0 Å². The number of hydrogen-bond donors (Lipinski definition) is 3. The van der Waals surface area contributed by atoms with E-state index in [4.69, 9.17) is 4.42 Å². The molecule has 0 spiro atoms. The lowest BCUT2D eigenvalue weighted by Crippen LogP contribution is -2.41. The number of sulfonamides is 1. The van der Waals surface area contributed by atoms with Gasteiger partial charge in [-0.05, 0) is 62.2 Å². The molecule has 0 fully saturated rings. The van der Waals surface area contributed by atoms with E-state index < -0.39 is 21.8 Å². The number of furan rings is 1. The molecule has 4 aromatic rings. The SMILES string of the molecule is Cc1cccc(NS(=O)(=O)c2cc(C(=O)NNC(=O)c3oc4ccccc4c3C)ccc2C)c1. The van der Waals surface area contributed by atoms with Crippen LogP contribution in [0.3, 0.4) is 0 Å². The van der Waals surface area contributed by atoms with E-state index in [0.29, 0.717) is 22.4 Å². The van der Waals surface area contributed by atoms with E-state index in [1.165, 1.54) is 18.2 Å². The molecule has 174 valence electrons. The second-order valence-electron chi connectivity index (χ2n) is 7.92. The molecule has 34 heavy (non-hydrogen) atoms. The molecule has 0 saturated heterocycles. The first-order valence-electron chi connectivity index (χ1n) is 10.4. The highest BCUT2D eigenvalue weighted by atomic mass is 32.2. The Labute approximate surface area is 197 Å². The maximum atomic E-state index is 13.0. The highest BCUT2D eigenvalue weighted by molar-refractivity contribution is 7.92. The van der Waals surface area contributed by atoms with E-state index >= 15 is 0 Å². The van der Waals surface area contributed by atoms with Gasteiger partial charge in [-0.1, -0.05) is 36.4 Å². The zero-order chi connectivity index (χ0) is 24.5. The van der Waals surface area contributed by atoms with Crippen LogP contribution in [0.25, 0.3) is 11.0 Å². The Kier molecular flexibility index (Phi) is 6.12. The van der Waals surface area contributed by atoms with Gasteiger partial charge in [0.15, 0.2) is 5.76 Å². The topological polar surface area (TPSA) is 118 Å². The van der Waals surface area contributed by atoms with Crippen molar-refractivity contribution < 1.29 is 22.4 Å². The third-order valence-corrected chi connectivity index (χ3v) is 6.87. The summed E-state index contributed by atoms with van der Waals surface area (Å²) >= 11 is 0. The van der Waals surface area contributed by atoms with Gasteiger partial charge in [0, 0.05) is 22.2 Å². The Balaban J connectivity index is 1.51. The molecular weight excluding hydrogens is 454 g/mol. The van der Waals surface area contributed by atoms with Crippen molar-refractivity contribution >= 4 is 38.5 Å². The van der Waals surface area contributed by atoms with Gasteiger partial charge in [-0.2, -0.15) is 0 Å². The van der Waals surface area contributed by atoms with Crippen LogP contribution in [-0.4, -0.2) is 20.2 Å². The maximum absolute atomic E-state index is 13.0. The third kappa shape index (κ3) is 4.65. The molecule has 0 aliphatic heterocycles. The number of aryl methyl sites for hydroxylation is 3. The number of rotatable bonds is 5. The summed E-state index contributed by atoms with van der Waals surface area (Å²) < 4.78 is 34.0. The van der Waals surface area contributed by atoms with Crippen molar-refractivity contribution in [3.05, 3.63) is 94.7 Å². The molecule has 3 N–H and O–H groups in total. The van der Waals surface area contributed by atoms with E-state index in [2.05, 4.69) is 15.6 Å². The molecule has 0 bridgehead atoms. The number of carbonyl (C=O) groups excluding carboxylic acids is 2. The summed E-state index contributed by atoms with van der Waals surface area (Å²) in [5.74, 6) is -1.21. The summed E-state index contributed by atoms with van der Waals surface area (Å²) in [7, 11) is -3.94. The van der Waals surface area contributed by atoms with Gasteiger partial charge in [0.25, 0.3) is 15.9 Å². The lowest BCUT2D eigenvalue weighted by atomic mass is 10.1. The van der Waals surface area contributed by atoms with E-state index in [0.717, 1.165) is 10.9 Å². The first kappa shape index (κ1) is 23.1. The number of nitrogens with one attached hydrogen (secondary N) is 3. The molecule has 8 nitrogen and oxygen atoms in total. The minimum absolute atomic E-state index is 0.0406. The van der Waals surface area contributed by atoms with Gasteiger partial charge < -0.3 is 4.42 Å². The lowest BCUT2D eigenvalue weighted by molar-refractivity contribution is 0.0831. The van der Waals surface area contributed by atoms with Crippen molar-refractivity contribution in [2.45, 2.75) is 25.7 Å². The summed E-state index contributed by atoms with van der Waals surface area (Å²) in [6.07, 6.45) is 0. The van der Waals surface area contributed by atoms with Crippen LogP contribution < -0.4 is 15.6 Å². The summed E-state index contributed by atoms with van der Waals surface area (Å²) in [4.78, 5) is 25.2. The second kappa shape index (κ2) is 9.03. The molecule has 1 heterocycles. The van der Waals surface area contributed by atoms with Gasteiger partial charge >= 0.3 is 5.91 Å². The molecule has 0 radical (unpaired) electrons. The average molecular weight is 478 g/mol. The number of anilines is 1. The second-order valence-corrected chi connectivity index (χ2v) is 9.57. The van der Waals surface area contributed by atoms with E-state index in [1.54, 1.807) is 44.2 Å². The zero-order valence-electron chi connectivity index (χ0n) is 18.8. The monoisotopic (exact) mass is 477 g/mol. The largest absolute Gasteiger partial charge is 0.451 e. The standard InChI is InChI=1S/C25H23N3O5S/c1-15-7-6-8-19(13-15)28-34(31,32)22-14-18(12-11-16(22)2)24(29)26-27-25(30)23-17(3)20-9-4-5-10-21(20)33-23/h4-14,28H,1-3H3,(H,26,29)(H,27,30). The van der Waals surface area contributed by atoms with Crippen molar-refractivity contribution in [1.29, 1.82) is 0 Å². The molecule has 9 heteroatoms. The zero-order valence-corrected chi connectivity index (χ0v) is 19.6. The quantitative estimate of drug-likeness (QED) is 0.372. The Hall–Kier alpha value is -4.11. The van der Waals surface area contributed by atoms with Crippen LogP contribution in [0.2, 0.25) is 0 Å². The number of para-hydroxylation sites is 1. The van der Waals surface area contributed by atoms with E-state index in [9.17, 15) is 18.0 Å². The van der Waals surface area contributed by atoms with Crippen molar-refractivity contribution in [3.8, 4) is 0 Å². The van der Waals surface area contributed by atoms with Gasteiger partial charge in [-0.3, -0.25) is 25.2 Å². The van der Waals surface area contributed by atoms with Crippen LogP contribution in [0.15, 0.2) is 76.0 Å². The van der Waals surface area contributed by atoms with Crippen molar-refractivity contribution in [3.63, 3.8) is 0 Å². The molecule has 0 aliphatic rings. The molecule has 4 rings (SSSR count). The number of hydrogen-bond acceptors (Lipinski definition) is 5.